The third kappa shape index (κ3) is 2.48. The maximum Gasteiger partial charge on any atom is 0.321 e. The quantitative estimate of drug-likeness (QED) is 0.776. The molecule has 0 aliphatic carbocycles. The number of urea groups is 1. The molecule has 3 rings (SSSR count). The summed E-state index contributed by atoms with van der Waals surface area (Å²) in [7, 11) is 1.94. The molecule has 1 aromatic carbocycles. The maximum atomic E-state index is 11.7. The number of anilines is 1. The summed E-state index contributed by atoms with van der Waals surface area (Å²) in [5.41, 5.74) is 1.97. The number of para-hydroxylation sites is 2. The molecule has 2 aromatic heterocycles. The number of thiazole rings is 1. The lowest BCUT2D eigenvalue weighted by molar-refractivity contribution is 0.251. The topological polar surface area (TPSA) is 71.8 Å². The Balaban J connectivity index is 1.68. The van der Waals surface area contributed by atoms with Crippen LogP contribution >= 0.6 is 11.3 Å². The van der Waals surface area contributed by atoms with E-state index in [9.17, 15) is 4.79 Å². The van der Waals surface area contributed by atoms with Gasteiger partial charge >= 0.3 is 6.03 Å². The molecule has 3 aromatic rings. The molecule has 2 heterocycles. The molecule has 0 bridgehead atoms. The van der Waals surface area contributed by atoms with Crippen molar-refractivity contribution in [3.8, 4) is 0 Å². The van der Waals surface area contributed by atoms with Crippen LogP contribution in [0, 0.1) is 0 Å². The Morgan fingerprint density at radius 3 is 3.00 bits per heavy atom. The summed E-state index contributed by atoms with van der Waals surface area (Å²) >= 11 is 1.38. The molecule has 0 atom stereocenters. The molecular weight excluding hydrogens is 274 g/mol. The SMILES string of the molecule is Cn1c(CNC(=O)Nc2nccs2)nc2ccccc21. The summed E-state index contributed by atoms with van der Waals surface area (Å²) < 4.78 is 1.97. The number of rotatable bonds is 3. The lowest BCUT2D eigenvalue weighted by Crippen LogP contribution is -2.29. The van der Waals surface area contributed by atoms with Crippen molar-refractivity contribution in [2.75, 3.05) is 5.32 Å². The second kappa shape index (κ2) is 5.30. The summed E-state index contributed by atoms with van der Waals surface area (Å²) in [4.78, 5) is 20.2. The smallest absolute Gasteiger partial charge is 0.321 e. The van der Waals surface area contributed by atoms with E-state index in [1.54, 1.807) is 11.6 Å². The van der Waals surface area contributed by atoms with Crippen LogP contribution < -0.4 is 10.6 Å². The zero-order valence-electron chi connectivity index (χ0n) is 10.8. The van der Waals surface area contributed by atoms with Crippen molar-refractivity contribution in [1.29, 1.82) is 0 Å². The minimum absolute atomic E-state index is 0.285. The van der Waals surface area contributed by atoms with E-state index in [-0.39, 0.29) is 6.03 Å². The minimum Gasteiger partial charge on any atom is -0.331 e. The van der Waals surface area contributed by atoms with Gasteiger partial charge in [-0.05, 0) is 12.1 Å². The third-order valence-electron chi connectivity index (χ3n) is 2.94. The Kier molecular flexibility index (Phi) is 3.34. The first-order valence-corrected chi connectivity index (χ1v) is 6.96. The summed E-state index contributed by atoms with van der Waals surface area (Å²) in [6.07, 6.45) is 1.64. The van der Waals surface area contributed by atoms with E-state index in [1.165, 1.54) is 11.3 Å². The van der Waals surface area contributed by atoms with Gasteiger partial charge in [0.05, 0.1) is 17.6 Å². The number of fused-ring (bicyclic) bond motifs is 1. The fourth-order valence-electron chi connectivity index (χ4n) is 1.94. The fraction of sp³-hybridized carbons (Fsp3) is 0.154. The van der Waals surface area contributed by atoms with Gasteiger partial charge in [0.15, 0.2) is 5.13 Å². The van der Waals surface area contributed by atoms with Gasteiger partial charge in [-0.3, -0.25) is 5.32 Å². The number of nitrogens with one attached hydrogen (secondary N) is 2. The average molecular weight is 287 g/mol. The highest BCUT2D eigenvalue weighted by molar-refractivity contribution is 7.13. The molecule has 0 spiro atoms. The molecule has 0 radical (unpaired) electrons. The first-order chi connectivity index (χ1) is 9.74. The number of imidazole rings is 1. The molecular formula is C13H13N5OS. The second-order valence-corrected chi connectivity index (χ2v) is 5.12. The standard InChI is InChI=1S/C13H13N5OS/c1-18-10-5-3-2-4-9(10)16-11(18)8-15-12(19)17-13-14-6-7-20-13/h2-7H,8H2,1H3,(H2,14,15,17,19). The predicted octanol–water partition coefficient (Wildman–Crippen LogP) is 2.35. The van der Waals surface area contributed by atoms with Gasteiger partial charge in [0.2, 0.25) is 0 Å². The Hall–Kier alpha value is -2.41. The molecule has 0 saturated carbocycles. The molecule has 20 heavy (non-hydrogen) atoms. The van der Waals surface area contributed by atoms with Crippen molar-refractivity contribution in [2.45, 2.75) is 6.54 Å². The first kappa shape index (κ1) is 12.6. The lowest BCUT2D eigenvalue weighted by atomic mass is 10.3. The Labute approximate surface area is 119 Å². The largest absolute Gasteiger partial charge is 0.331 e. The number of benzene rings is 1. The van der Waals surface area contributed by atoms with Crippen LogP contribution in [-0.4, -0.2) is 20.6 Å². The molecule has 0 unspecified atom stereocenters. The molecule has 2 N–H and O–H groups in total. The van der Waals surface area contributed by atoms with Crippen molar-refractivity contribution in [3.05, 3.63) is 41.7 Å². The van der Waals surface area contributed by atoms with Crippen molar-refractivity contribution >= 4 is 33.5 Å². The zero-order valence-corrected chi connectivity index (χ0v) is 11.6. The van der Waals surface area contributed by atoms with E-state index in [1.807, 2.05) is 35.9 Å². The molecule has 0 aliphatic rings. The predicted molar refractivity (Wildman–Crippen MR) is 78.7 cm³/mol. The van der Waals surface area contributed by atoms with Crippen LogP contribution in [0.3, 0.4) is 0 Å². The van der Waals surface area contributed by atoms with Crippen LogP contribution in [0.15, 0.2) is 35.8 Å². The number of amides is 2. The number of hydrogen-bond donors (Lipinski definition) is 2. The van der Waals surface area contributed by atoms with Crippen molar-refractivity contribution in [1.82, 2.24) is 19.9 Å². The fourth-order valence-corrected chi connectivity index (χ4v) is 2.46. The van der Waals surface area contributed by atoms with E-state index in [2.05, 4.69) is 20.6 Å². The van der Waals surface area contributed by atoms with E-state index in [0.29, 0.717) is 11.7 Å². The minimum atomic E-state index is -0.285. The van der Waals surface area contributed by atoms with E-state index in [4.69, 9.17) is 0 Å². The first-order valence-electron chi connectivity index (χ1n) is 6.09. The molecule has 0 aliphatic heterocycles. The molecule has 2 amide bonds. The monoisotopic (exact) mass is 287 g/mol. The van der Waals surface area contributed by atoms with Gasteiger partial charge < -0.3 is 9.88 Å². The number of carbonyl (C=O) groups excluding carboxylic acids is 1. The Morgan fingerprint density at radius 2 is 2.25 bits per heavy atom. The molecule has 102 valence electrons. The number of aryl methyl sites for hydroxylation is 1. The van der Waals surface area contributed by atoms with Gasteiger partial charge in [-0.2, -0.15) is 0 Å². The van der Waals surface area contributed by atoms with Gasteiger partial charge in [0, 0.05) is 18.6 Å². The van der Waals surface area contributed by atoms with Crippen molar-refractivity contribution < 1.29 is 4.79 Å². The highest BCUT2D eigenvalue weighted by Gasteiger charge is 2.09. The molecule has 0 fully saturated rings. The van der Waals surface area contributed by atoms with Gasteiger partial charge in [-0.25, -0.2) is 14.8 Å². The zero-order chi connectivity index (χ0) is 13.9. The van der Waals surface area contributed by atoms with Crippen molar-refractivity contribution in [3.63, 3.8) is 0 Å². The number of nitrogens with zero attached hydrogens (tertiary/aromatic N) is 3. The normalized spacial score (nSPS) is 10.7. The molecule has 7 heteroatoms. The second-order valence-electron chi connectivity index (χ2n) is 4.22. The van der Waals surface area contributed by atoms with Gasteiger partial charge in [-0.15, -0.1) is 11.3 Å². The Morgan fingerprint density at radius 1 is 1.40 bits per heavy atom. The summed E-state index contributed by atoms with van der Waals surface area (Å²) in [6, 6.07) is 7.58. The van der Waals surface area contributed by atoms with E-state index in [0.717, 1.165) is 16.9 Å². The summed E-state index contributed by atoms with van der Waals surface area (Å²) in [6.45, 7) is 0.363. The van der Waals surface area contributed by atoms with E-state index < -0.39 is 0 Å². The average Bonchev–Trinajstić information content (AvgIpc) is 3.06. The van der Waals surface area contributed by atoms with Crippen molar-refractivity contribution in [2.24, 2.45) is 7.05 Å². The maximum absolute atomic E-state index is 11.7. The number of aromatic nitrogens is 3. The van der Waals surface area contributed by atoms with Gasteiger partial charge in [-0.1, -0.05) is 12.1 Å². The molecule has 6 nitrogen and oxygen atoms in total. The molecule has 0 saturated heterocycles. The van der Waals surface area contributed by atoms with Crippen LogP contribution in [0.1, 0.15) is 5.82 Å². The van der Waals surface area contributed by atoms with Crippen LogP contribution in [-0.2, 0) is 13.6 Å². The third-order valence-corrected chi connectivity index (χ3v) is 3.63. The van der Waals surface area contributed by atoms with E-state index >= 15 is 0 Å². The lowest BCUT2D eigenvalue weighted by Gasteiger charge is -2.05. The highest BCUT2D eigenvalue weighted by Crippen LogP contribution is 2.14. The van der Waals surface area contributed by atoms with Crippen LogP contribution in [0.5, 0.6) is 0 Å². The van der Waals surface area contributed by atoms with Gasteiger partial charge in [0.25, 0.3) is 0 Å². The van der Waals surface area contributed by atoms with Crippen LogP contribution in [0.2, 0.25) is 0 Å². The van der Waals surface area contributed by atoms with Crippen LogP contribution in [0.25, 0.3) is 11.0 Å². The van der Waals surface area contributed by atoms with Gasteiger partial charge in [0.1, 0.15) is 5.82 Å². The number of hydrogen-bond acceptors (Lipinski definition) is 4. The van der Waals surface area contributed by atoms with Crippen LogP contribution in [0.4, 0.5) is 9.93 Å². The highest BCUT2D eigenvalue weighted by atomic mass is 32.1. The summed E-state index contributed by atoms with van der Waals surface area (Å²) in [5, 5.41) is 7.82. The number of carbonyl (C=O) groups is 1. The summed E-state index contributed by atoms with van der Waals surface area (Å²) in [5.74, 6) is 0.806. The Bertz CT molecular complexity index is 734.